The number of carbonyl (C=O) groups is 2. The molecule has 0 aromatic heterocycles. The Kier molecular flexibility index (Phi) is 6.19. The molecule has 0 aliphatic heterocycles. The zero-order valence-corrected chi connectivity index (χ0v) is 13.2. The first kappa shape index (κ1) is 17.0. The van der Waals surface area contributed by atoms with E-state index in [-0.39, 0.29) is 24.3 Å². The molecular formula is C18H21NO4. The highest BCUT2D eigenvalue weighted by Gasteiger charge is 2.30. The Morgan fingerprint density at radius 2 is 2.04 bits per heavy atom. The third-order valence-electron chi connectivity index (χ3n) is 4.01. The van der Waals surface area contributed by atoms with Crippen molar-refractivity contribution >= 4 is 11.9 Å². The molecule has 0 heterocycles. The highest BCUT2D eigenvalue weighted by Crippen LogP contribution is 2.28. The first-order valence-electron chi connectivity index (χ1n) is 7.70. The van der Waals surface area contributed by atoms with E-state index >= 15 is 0 Å². The van der Waals surface area contributed by atoms with E-state index in [9.17, 15) is 9.59 Å². The molecule has 2 rings (SSSR count). The molecule has 0 bridgehead atoms. The molecule has 1 aromatic carbocycles. The number of benzene rings is 1. The zero-order chi connectivity index (χ0) is 16.7. The number of ether oxygens (including phenoxy) is 1. The van der Waals surface area contributed by atoms with Crippen molar-refractivity contribution in [2.24, 2.45) is 5.92 Å². The number of carbonyl (C=O) groups excluding carboxylic acids is 1. The Balaban J connectivity index is 1.95. The molecule has 1 aliphatic rings. The maximum Gasteiger partial charge on any atom is 0.303 e. The molecule has 0 saturated heterocycles. The van der Waals surface area contributed by atoms with Crippen LogP contribution in [0.2, 0.25) is 0 Å². The molecule has 0 unspecified atom stereocenters. The molecule has 0 spiro atoms. The van der Waals surface area contributed by atoms with Crippen molar-refractivity contribution < 1.29 is 19.4 Å². The quantitative estimate of drug-likeness (QED) is 0.816. The fraction of sp³-hybridized carbons (Fsp3) is 0.444. The van der Waals surface area contributed by atoms with E-state index in [0.717, 1.165) is 24.8 Å². The molecule has 5 nitrogen and oxygen atoms in total. The number of carboxylic acid groups (broad SMARTS) is 1. The minimum atomic E-state index is -0.810. The van der Waals surface area contributed by atoms with Crippen LogP contribution in [0.4, 0.5) is 0 Å². The Morgan fingerprint density at radius 3 is 2.70 bits per heavy atom. The summed E-state index contributed by atoms with van der Waals surface area (Å²) in [6.07, 6.45) is 2.76. The van der Waals surface area contributed by atoms with Crippen LogP contribution in [0.5, 0.6) is 0 Å². The predicted octanol–water partition coefficient (Wildman–Crippen LogP) is 2.06. The van der Waals surface area contributed by atoms with E-state index in [2.05, 4.69) is 17.2 Å². The lowest BCUT2D eigenvalue weighted by molar-refractivity contribution is -0.138. The Bertz CT molecular complexity index is 612. The summed E-state index contributed by atoms with van der Waals surface area (Å²) in [6, 6.07) is 6.99. The molecule has 122 valence electrons. The van der Waals surface area contributed by atoms with Gasteiger partial charge in [-0.05, 0) is 43.0 Å². The maximum atomic E-state index is 12.3. The van der Waals surface area contributed by atoms with Crippen molar-refractivity contribution in [2.75, 3.05) is 13.7 Å². The van der Waals surface area contributed by atoms with Crippen molar-refractivity contribution in [2.45, 2.75) is 31.7 Å². The topological polar surface area (TPSA) is 75.6 Å². The smallest absolute Gasteiger partial charge is 0.303 e. The van der Waals surface area contributed by atoms with Crippen LogP contribution in [0.25, 0.3) is 0 Å². The van der Waals surface area contributed by atoms with Crippen LogP contribution in [0.1, 0.15) is 41.6 Å². The lowest BCUT2D eigenvalue weighted by Crippen LogP contribution is -2.38. The van der Waals surface area contributed by atoms with Crippen LogP contribution in [0, 0.1) is 17.8 Å². The first-order valence-corrected chi connectivity index (χ1v) is 7.70. The largest absolute Gasteiger partial charge is 0.481 e. The average Bonchev–Trinajstić information content (AvgIpc) is 2.94. The van der Waals surface area contributed by atoms with Crippen LogP contribution in [0.3, 0.4) is 0 Å². The van der Waals surface area contributed by atoms with E-state index in [1.807, 2.05) is 0 Å². The summed E-state index contributed by atoms with van der Waals surface area (Å²) in [6.45, 7) is 0.370. The Morgan fingerprint density at radius 1 is 1.30 bits per heavy atom. The van der Waals surface area contributed by atoms with Crippen LogP contribution < -0.4 is 5.32 Å². The van der Waals surface area contributed by atoms with E-state index < -0.39 is 5.97 Å². The molecule has 0 radical (unpaired) electrons. The van der Waals surface area contributed by atoms with Crippen LogP contribution in [-0.2, 0) is 9.53 Å². The van der Waals surface area contributed by atoms with Gasteiger partial charge in [0.05, 0.1) is 6.42 Å². The Labute approximate surface area is 136 Å². The van der Waals surface area contributed by atoms with Gasteiger partial charge in [0, 0.05) is 24.3 Å². The number of rotatable bonds is 5. The highest BCUT2D eigenvalue weighted by molar-refractivity contribution is 5.94. The SMILES string of the molecule is COCC#Cc1ccc(C(=O)N[C@@H]2CCC[C@H]2CC(=O)O)cc1. The van der Waals surface area contributed by atoms with Gasteiger partial charge in [0.25, 0.3) is 5.91 Å². The number of amides is 1. The van der Waals surface area contributed by atoms with Gasteiger partial charge in [0.1, 0.15) is 6.61 Å². The lowest BCUT2D eigenvalue weighted by atomic mass is 9.99. The summed E-state index contributed by atoms with van der Waals surface area (Å²) in [5.41, 5.74) is 1.38. The van der Waals surface area contributed by atoms with E-state index in [1.54, 1.807) is 31.4 Å². The monoisotopic (exact) mass is 315 g/mol. The molecule has 23 heavy (non-hydrogen) atoms. The van der Waals surface area contributed by atoms with Crippen molar-refractivity contribution in [3.8, 4) is 11.8 Å². The summed E-state index contributed by atoms with van der Waals surface area (Å²) in [4.78, 5) is 23.2. The normalized spacial score (nSPS) is 19.7. The first-order chi connectivity index (χ1) is 11.1. The van der Waals surface area contributed by atoms with Gasteiger partial charge in [-0.1, -0.05) is 18.3 Å². The third-order valence-corrected chi connectivity index (χ3v) is 4.01. The fourth-order valence-corrected chi connectivity index (χ4v) is 2.86. The van der Waals surface area contributed by atoms with Crippen molar-refractivity contribution in [3.63, 3.8) is 0 Å². The predicted molar refractivity (Wildman–Crippen MR) is 86.0 cm³/mol. The van der Waals surface area contributed by atoms with Gasteiger partial charge in [-0.3, -0.25) is 9.59 Å². The zero-order valence-electron chi connectivity index (χ0n) is 13.2. The third kappa shape index (κ3) is 5.11. The molecule has 1 fully saturated rings. The van der Waals surface area contributed by atoms with Crippen LogP contribution in [0.15, 0.2) is 24.3 Å². The van der Waals surface area contributed by atoms with Crippen LogP contribution >= 0.6 is 0 Å². The molecule has 2 N–H and O–H groups in total. The number of hydrogen-bond donors (Lipinski definition) is 2. The number of hydrogen-bond acceptors (Lipinski definition) is 3. The summed E-state index contributed by atoms with van der Waals surface area (Å²) in [5, 5.41) is 11.9. The summed E-state index contributed by atoms with van der Waals surface area (Å²) >= 11 is 0. The maximum absolute atomic E-state index is 12.3. The van der Waals surface area contributed by atoms with Gasteiger partial charge in [0.2, 0.25) is 0 Å². The second kappa shape index (κ2) is 8.35. The van der Waals surface area contributed by atoms with Gasteiger partial charge in [-0.25, -0.2) is 0 Å². The van der Waals surface area contributed by atoms with Gasteiger partial charge in [-0.15, -0.1) is 0 Å². The number of carboxylic acids is 1. The van der Waals surface area contributed by atoms with Crippen molar-refractivity contribution in [3.05, 3.63) is 35.4 Å². The van der Waals surface area contributed by atoms with Gasteiger partial charge >= 0.3 is 5.97 Å². The molecule has 5 heteroatoms. The van der Waals surface area contributed by atoms with E-state index in [4.69, 9.17) is 9.84 Å². The molecule has 1 saturated carbocycles. The minimum absolute atomic E-state index is 0.0237. The number of nitrogens with one attached hydrogen (secondary N) is 1. The second-order valence-corrected chi connectivity index (χ2v) is 5.68. The fourth-order valence-electron chi connectivity index (χ4n) is 2.86. The van der Waals surface area contributed by atoms with E-state index in [0.29, 0.717) is 12.2 Å². The number of aliphatic carboxylic acids is 1. The second-order valence-electron chi connectivity index (χ2n) is 5.68. The lowest BCUT2D eigenvalue weighted by Gasteiger charge is -2.19. The average molecular weight is 315 g/mol. The molecular weight excluding hydrogens is 294 g/mol. The van der Waals surface area contributed by atoms with Gasteiger partial charge in [-0.2, -0.15) is 0 Å². The molecule has 1 aromatic rings. The number of methoxy groups -OCH3 is 1. The standard InChI is InChI=1S/C18H21NO4/c1-23-11-3-4-13-7-9-14(10-8-13)18(22)19-16-6-2-5-15(16)12-17(20)21/h7-10,15-16H,2,5-6,11-12H2,1H3,(H,19,22)(H,20,21)/t15-,16+/m0/s1. The molecule has 1 amide bonds. The highest BCUT2D eigenvalue weighted by atomic mass is 16.5. The Hall–Kier alpha value is -2.32. The summed E-state index contributed by atoms with van der Waals surface area (Å²) in [7, 11) is 1.59. The van der Waals surface area contributed by atoms with Crippen LogP contribution in [-0.4, -0.2) is 36.7 Å². The summed E-state index contributed by atoms with van der Waals surface area (Å²) < 4.78 is 4.86. The van der Waals surface area contributed by atoms with Crippen molar-refractivity contribution in [1.29, 1.82) is 0 Å². The minimum Gasteiger partial charge on any atom is -0.481 e. The molecule has 2 atom stereocenters. The van der Waals surface area contributed by atoms with E-state index in [1.165, 1.54) is 0 Å². The van der Waals surface area contributed by atoms with Gasteiger partial charge < -0.3 is 15.2 Å². The van der Waals surface area contributed by atoms with Gasteiger partial charge in [0.15, 0.2) is 0 Å². The molecule has 1 aliphatic carbocycles. The summed E-state index contributed by atoms with van der Waals surface area (Å²) in [5.74, 6) is 4.85. The van der Waals surface area contributed by atoms with Crippen molar-refractivity contribution in [1.82, 2.24) is 5.32 Å².